The van der Waals surface area contributed by atoms with Crippen LogP contribution in [0.3, 0.4) is 0 Å². The molecule has 2 heterocycles. The number of benzene rings is 1. The number of hydrogen-bond donors (Lipinski definition) is 1. The normalized spacial score (nSPS) is 24.7. The Bertz CT molecular complexity index is 521. The average Bonchev–Trinajstić information content (AvgIpc) is 2.73. The van der Waals surface area contributed by atoms with Crippen LogP contribution < -0.4 is 5.32 Å². The molecule has 2 aliphatic rings. The Labute approximate surface area is 107 Å². The number of esters is 1. The zero-order valence-electron chi connectivity index (χ0n) is 10.5. The maximum absolute atomic E-state index is 11.7. The Balaban J connectivity index is 2.04. The van der Waals surface area contributed by atoms with Crippen molar-refractivity contribution in [3.8, 4) is 0 Å². The van der Waals surface area contributed by atoms with E-state index in [2.05, 4.69) is 18.3 Å². The molecule has 0 radical (unpaired) electrons. The van der Waals surface area contributed by atoms with E-state index in [0.29, 0.717) is 6.54 Å². The molecule has 1 unspecified atom stereocenters. The van der Waals surface area contributed by atoms with E-state index in [1.54, 1.807) is 6.08 Å². The van der Waals surface area contributed by atoms with Crippen molar-refractivity contribution in [2.24, 2.45) is 0 Å². The van der Waals surface area contributed by atoms with Gasteiger partial charge in [0.1, 0.15) is 0 Å². The first-order chi connectivity index (χ1) is 8.75. The number of carbonyl (C=O) groups is 1. The molecular formula is C15H17NO2. The monoisotopic (exact) mass is 243 g/mol. The van der Waals surface area contributed by atoms with Crippen molar-refractivity contribution in [2.75, 3.05) is 11.9 Å². The number of carbonyl (C=O) groups excluding carboxylic acids is 1. The topological polar surface area (TPSA) is 38.3 Å². The van der Waals surface area contributed by atoms with Gasteiger partial charge in [-0.3, -0.25) is 0 Å². The van der Waals surface area contributed by atoms with E-state index in [0.717, 1.165) is 36.1 Å². The Morgan fingerprint density at radius 1 is 1.39 bits per heavy atom. The predicted octanol–water partition coefficient (Wildman–Crippen LogP) is 2.98. The first-order valence-corrected chi connectivity index (χ1v) is 6.53. The maximum atomic E-state index is 11.7. The van der Waals surface area contributed by atoms with Crippen molar-refractivity contribution < 1.29 is 9.53 Å². The molecule has 1 aromatic carbocycles. The van der Waals surface area contributed by atoms with Crippen LogP contribution in [0.15, 0.2) is 30.3 Å². The molecule has 0 bridgehead atoms. The summed E-state index contributed by atoms with van der Waals surface area (Å²) >= 11 is 0. The first kappa shape index (κ1) is 11.3. The molecule has 1 atom stereocenters. The number of fused-ring (bicyclic) bond motifs is 3. The van der Waals surface area contributed by atoms with E-state index >= 15 is 0 Å². The molecule has 18 heavy (non-hydrogen) atoms. The third-order valence-electron chi connectivity index (χ3n) is 3.76. The van der Waals surface area contributed by atoms with Gasteiger partial charge < -0.3 is 10.1 Å². The minimum atomic E-state index is -0.443. The van der Waals surface area contributed by atoms with Crippen LogP contribution in [0, 0.1) is 0 Å². The second-order valence-corrected chi connectivity index (χ2v) is 4.98. The Hall–Kier alpha value is -1.77. The zero-order chi connectivity index (χ0) is 12.6. The van der Waals surface area contributed by atoms with Gasteiger partial charge in [-0.2, -0.15) is 0 Å². The molecule has 0 aromatic heterocycles. The zero-order valence-corrected chi connectivity index (χ0v) is 10.5. The number of anilines is 1. The molecular weight excluding hydrogens is 226 g/mol. The fraction of sp³-hybridized carbons (Fsp3) is 0.400. The van der Waals surface area contributed by atoms with Gasteiger partial charge in [-0.05, 0) is 18.9 Å². The third-order valence-corrected chi connectivity index (χ3v) is 3.76. The third kappa shape index (κ3) is 1.62. The molecule has 2 aliphatic heterocycles. The van der Waals surface area contributed by atoms with Gasteiger partial charge in [-0.25, -0.2) is 4.79 Å². The Morgan fingerprint density at radius 3 is 3.06 bits per heavy atom. The highest BCUT2D eigenvalue weighted by Gasteiger charge is 2.46. The second-order valence-electron chi connectivity index (χ2n) is 4.98. The van der Waals surface area contributed by atoms with Gasteiger partial charge >= 0.3 is 5.97 Å². The molecule has 1 aromatic rings. The van der Waals surface area contributed by atoms with Crippen molar-refractivity contribution in [3.63, 3.8) is 0 Å². The van der Waals surface area contributed by atoms with Crippen molar-refractivity contribution in [1.82, 2.24) is 0 Å². The summed E-state index contributed by atoms with van der Waals surface area (Å²) in [5.74, 6) is -0.209. The van der Waals surface area contributed by atoms with Crippen molar-refractivity contribution >= 4 is 17.2 Å². The van der Waals surface area contributed by atoms with Crippen LogP contribution in [-0.2, 0) is 9.53 Å². The predicted molar refractivity (Wildman–Crippen MR) is 71.3 cm³/mol. The molecule has 94 valence electrons. The number of nitrogens with one attached hydrogen (secondary N) is 1. The molecule has 0 saturated heterocycles. The number of unbranched alkanes of at least 4 members (excludes halogenated alkanes) is 1. The highest BCUT2D eigenvalue weighted by atomic mass is 16.6. The molecule has 3 rings (SSSR count). The van der Waals surface area contributed by atoms with Crippen LogP contribution >= 0.6 is 0 Å². The SMILES string of the molecule is CCCCC12CNc3ccccc3C1=CC(=O)O2. The van der Waals surface area contributed by atoms with Crippen LogP contribution in [0.2, 0.25) is 0 Å². The fourth-order valence-electron chi connectivity index (χ4n) is 2.83. The Morgan fingerprint density at radius 2 is 2.22 bits per heavy atom. The van der Waals surface area contributed by atoms with Gasteiger partial charge in [0.15, 0.2) is 5.60 Å². The number of hydrogen-bond acceptors (Lipinski definition) is 3. The minimum absolute atomic E-state index is 0.209. The summed E-state index contributed by atoms with van der Waals surface area (Å²) in [7, 11) is 0. The number of para-hydroxylation sites is 1. The Kier molecular flexibility index (Phi) is 2.62. The van der Waals surface area contributed by atoms with E-state index in [1.165, 1.54) is 0 Å². The smallest absolute Gasteiger partial charge is 0.332 e. The summed E-state index contributed by atoms with van der Waals surface area (Å²) in [5, 5.41) is 3.39. The average molecular weight is 243 g/mol. The second kappa shape index (κ2) is 4.16. The fourth-order valence-corrected chi connectivity index (χ4v) is 2.83. The summed E-state index contributed by atoms with van der Waals surface area (Å²) in [4.78, 5) is 11.7. The van der Waals surface area contributed by atoms with Crippen molar-refractivity contribution in [3.05, 3.63) is 35.9 Å². The van der Waals surface area contributed by atoms with Gasteiger partial charge in [-0.1, -0.05) is 31.5 Å². The largest absolute Gasteiger partial charge is 0.449 e. The summed E-state index contributed by atoms with van der Waals surface area (Å²) in [5.41, 5.74) is 2.80. The molecule has 3 heteroatoms. The molecule has 0 spiro atoms. The number of rotatable bonds is 3. The number of ether oxygens (including phenoxy) is 1. The molecule has 1 N–H and O–H groups in total. The van der Waals surface area contributed by atoms with E-state index < -0.39 is 5.60 Å². The van der Waals surface area contributed by atoms with Gasteiger partial charge in [0.05, 0.1) is 6.54 Å². The quantitative estimate of drug-likeness (QED) is 0.829. The molecule has 0 amide bonds. The molecule has 3 nitrogen and oxygen atoms in total. The standard InChI is InChI=1S/C15H17NO2/c1-2-3-8-15-10-16-13-7-5-4-6-11(13)12(15)9-14(17)18-15/h4-7,9,16H,2-3,8,10H2,1H3. The van der Waals surface area contributed by atoms with E-state index in [-0.39, 0.29) is 5.97 Å². The first-order valence-electron chi connectivity index (χ1n) is 6.53. The van der Waals surface area contributed by atoms with Crippen molar-refractivity contribution in [1.29, 1.82) is 0 Å². The summed E-state index contributed by atoms with van der Waals surface area (Å²) in [6, 6.07) is 8.10. The summed E-state index contributed by atoms with van der Waals surface area (Å²) in [6.07, 6.45) is 4.72. The maximum Gasteiger partial charge on any atom is 0.332 e. The minimum Gasteiger partial charge on any atom is -0.449 e. The van der Waals surface area contributed by atoms with Crippen LogP contribution in [0.25, 0.3) is 5.57 Å². The lowest BCUT2D eigenvalue weighted by molar-refractivity contribution is -0.144. The summed E-state index contributed by atoms with van der Waals surface area (Å²) < 4.78 is 5.62. The van der Waals surface area contributed by atoms with Gasteiger partial charge in [-0.15, -0.1) is 0 Å². The van der Waals surface area contributed by atoms with Gasteiger partial charge in [0.25, 0.3) is 0 Å². The highest BCUT2D eigenvalue weighted by Crippen LogP contribution is 2.45. The van der Waals surface area contributed by atoms with E-state index in [9.17, 15) is 4.79 Å². The van der Waals surface area contributed by atoms with Crippen molar-refractivity contribution in [2.45, 2.75) is 31.8 Å². The summed E-state index contributed by atoms with van der Waals surface area (Å²) in [6.45, 7) is 2.84. The van der Waals surface area contributed by atoms with Crippen LogP contribution in [0.5, 0.6) is 0 Å². The van der Waals surface area contributed by atoms with Crippen LogP contribution in [-0.4, -0.2) is 18.1 Å². The van der Waals surface area contributed by atoms with Gasteiger partial charge in [0.2, 0.25) is 0 Å². The molecule has 0 aliphatic carbocycles. The van der Waals surface area contributed by atoms with E-state index in [4.69, 9.17) is 4.74 Å². The lowest BCUT2D eigenvalue weighted by Crippen LogP contribution is -2.42. The lowest BCUT2D eigenvalue weighted by Gasteiger charge is -2.36. The lowest BCUT2D eigenvalue weighted by atomic mass is 9.81. The molecule has 0 saturated carbocycles. The highest BCUT2D eigenvalue weighted by molar-refractivity contribution is 6.02. The van der Waals surface area contributed by atoms with Crippen LogP contribution in [0.1, 0.15) is 31.7 Å². The van der Waals surface area contributed by atoms with Crippen LogP contribution in [0.4, 0.5) is 5.69 Å². The van der Waals surface area contributed by atoms with Gasteiger partial charge in [0, 0.05) is 22.9 Å². The molecule has 0 fully saturated rings. The van der Waals surface area contributed by atoms with E-state index in [1.807, 2.05) is 18.2 Å².